The van der Waals surface area contributed by atoms with Crippen LogP contribution in [0.2, 0.25) is 0 Å². The van der Waals surface area contributed by atoms with Gasteiger partial charge < -0.3 is 9.47 Å². The minimum Gasteiger partial charge on any atom is -0.461 e. The van der Waals surface area contributed by atoms with Crippen LogP contribution in [0.5, 0.6) is 0 Å². The first-order valence-corrected chi connectivity index (χ1v) is 11.5. The van der Waals surface area contributed by atoms with Crippen molar-refractivity contribution in [1.82, 2.24) is 29.2 Å². The van der Waals surface area contributed by atoms with Crippen molar-refractivity contribution in [3.63, 3.8) is 0 Å². The number of fused-ring (bicyclic) bond motifs is 2. The number of hydrogen-bond donors (Lipinski definition) is 0. The standard InChI is InChI=1S/C11H10BrN3O3.C11H11N3O3/c1-2-18-11(17)8-3-10-13-5-7(9(16)4-12)6-15(10)14-8;1-3-17-11(16)9-4-10-12-5-8(7(2)15)6-14(10)13-9/h3,5-6H,2,4H2,1H3;4-6H,3H2,1-2H3. The van der Waals surface area contributed by atoms with Crippen LogP contribution in [0, 0.1) is 0 Å². The predicted octanol–water partition coefficient (Wildman–Crippen LogP) is 2.59. The number of esters is 2. The van der Waals surface area contributed by atoms with Crippen molar-refractivity contribution < 1.29 is 28.7 Å². The van der Waals surface area contributed by atoms with Gasteiger partial charge in [-0.2, -0.15) is 10.2 Å². The normalized spacial score (nSPS) is 10.5. The van der Waals surface area contributed by atoms with E-state index in [4.69, 9.17) is 9.47 Å². The van der Waals surface area contributed by atoms with Crippen LogP contribution < -0.4 is 0 Å². The van der Waals surface area contributed by atoms with Crippen molar-refractivity contribution in [2.24, 2.45) is 0 Å². The van der Waals surface area contributed by atoms with Crippen LogP contribution in [0.25, 0.3) is 11.3 Å². The number of nitrogens with zero attached hydrogens (tertiary/aromatic N) is 6. The lowest BCUT2D eigenvalue weighted by Crippen LogP contribution is -2.06. The highest BCUT2D eigenvalue weighted by atomic mass is 79.9. The van der Waals surface area contributed by atoms with Crippen LogP contribution in [-0.2, 0) is 9.47 Å². The quantitative estimate of drug-likeness (QED) is 0.193. The minimum atomic E-state index is -0.503. The summed E-state index contributed by atoms with van der Waals surface area (Å²) >= 11 is 3.08. The number of ketones is 2. The van der Waals surface area contributed by atoms with Gasteiger partial charge >= 0.3 is 11.9 Å². The van der Waals surface area contributed by atoms with Gasteiger partial charge in [-0.15, -0.1) is 0 Å². The van der Waals surface area contributed by atoms with Gasteiger partial charge in [0.05, 0.1) is 29.7 Å². The van der Waals surface area contributed by atoms with Crippen LogP contribution in [0.4, 0.5) is 0 Å². The molecule has 4 heterocycles. The molecule has 12 nitrogen and oxygen atoms in total. The highest BCUT2D eigenvalue weighted by Crippen LogP contribution is 2.09. The van der Waals surface area contributed by atoms with Crippen LogP contribution in [0.15, 0.2) is 36.9 Å². The molecule has 0 saturated carbocycles. The van der Waals surface area contributed by atoms with Crippen molar-refractivity contribution in [3.8, 4) is 0 Å². The van der Waals surface area contributed by atoms with Crippen molar-refractivity contribution in [1.29, 1.82) is 0 Å². The van der Waals surface area contributed by atoms with Crippen LogP contribution in [0.3, 0.4) is 0 Å². The van der Waals surface area contributed by atoms with Gasteiger partial charge in [-0.25, -0.2) is 28.6 Å². The second kappa shape index (κ2) is 11.4. The summed E-state index contributed by atoms with van der Waals surface area (Å²) in [4.78, 5) is 53.7. The second-order valence-electron chi connectivity index (χ2n) is 6.90. The van der Waals surface area contributed by atoms with Gasteiger partial charge in [-0.05, 0) is 20.8 Å². The summed E-state index contributed by atoms with van der Waals surface area (Å²) in [5.41, 5.74) is 2.21. The van der Waals surface area contributed by atoms with Crippen molar-refractivity contribution in [3.05, 3.63) is 59.4 Å². The summed E-state index contributed by atoms with van der Waals surface area (Å²) in [6.45, 7) is 5.46. The minimum absolute atomic E-state index is 0.0995. The summed E-state index contributed by atoms with van der Waals surface area (Å²) in [6, 6.07) is 3.03. The maximum absolute atomic E-state index is 11.5. The van der Waals surface area contributed by atoms with E-state index >= 15 is 0 Å². The van der Waals surface area contributed by atoms with E-state index in [1.165, 1.54) is 52.9 Å². The van der Waals surface area contributed by atoms with Gasteiger partial charge in [0.2, 0.25) is 0 Å². The lowest BCUT2D eigenvalue weighted by atomic mass is 10.2. The molecular weight excluding hydrogens is 524 g/mol. The lowest BCUT2D eigenvalue weighted by molar-refractivity contribution is 0.0509. The fourth-order valence-electron chi connectivity index (χ4n) is 2.77. The summed E-state index contributed by atoms with van der Waals surface area (Å²) in [5, 5.41) is 8.24. The molecule has 13 heteroatoms. The molecule has 0 amide bonds. The maximum Gasteiger partial charge on any atom is 0.358 e. The fourth-order valence-corrected chi connectivity index (χ4v) is 3.09. The third-order valence-electron chi connectivity index (χ3n) is 4.45. The Hall–Kier alpha value is -4.00. The molecule has 0 unspecified atom stereocenters. The molecule has 0 radical (unpaired) electrons. The Morgan fingerprint density at radius 2 is 1.29 bits per heavy atom. The number of alkyl halides is 1. The van der Waals surface area contributed by atoms with Gasteiger partial charge in [-0.1, -0.05) is 15.9 Å². The number of hydrogen-bond acceptors (Lipinski definition) is 10. The van der Waals surface area contributed by atoms with E-state index in [0.717, 1.165) is 0 Å². The van der Waals surface area contributed by atoms with E-state index in [9.17, 15) is 19.2 Å². The topological polar surface area (TPSA) is 147 Å². The Labute approximate surface area is 207 Å². The summed E-state index contributed by atoms with van der Waals surface area (Å²) in [6.07, 6.45) is 5.98. The molecule has 0 bridgehead atoms. The Bertz CT molecular complexity index is 1410. The van der Waals surface area contributed by atoms with Crippen LogP contribution in [0.1, 0.15) is 62.5 Å². The van der Waals surface area contributed by atoms with Gasteiger partial charge in [0.1, 0.15) is 0 Å². The van der Waals surface area contributed by atoms with E-state index < -0.39 is 11.9 Å². The monoisotopic (exact) mass is 544 g/mol. The molecule has 4 aromatic heterocycles. The van der Waals surface area contributed by atoms with E-state index in [-0.39, 0.29) is 34.9 Å². The lowest BCUT2D eigenvalue weighted by Gasteiger charge is -1.97. The molecule has 0 saturated heterocycles. The van der Waals surface area contributed by atoms with Gasteiger partial charge in [-0.3, -0.25) is 9.59 Å². The van der Waals surface area contributed by atoms with Crippen LogP contribution >= 0.6 is 15.9 Å². The second-order valence-corrected chi connectivity index (χ2v) is 7.46. The van der Waals surface area contributed by atoms with E-state index in [1.54, 1.807) is 13.8 Å². The Balaban J connectivity index is 0.000000196. The Morgan fingerprint density at radius 3 is 1.71 bits per heavy atom. The first-order chi connectivity index (χ1) is 16.8. The fraction of sp³-hybridized carbons (Fsp3) is 0.273. The number of ether oxygens (including phenoxy) is 2. The van der Waals surface area contributed by atoms with Crippen LogP contribution in [-0.4, -0.2) is 71.2 Å². The highest BCUT2D eigenvalue weighted by molar-refractivity contribution is 9.09. The number of carbonyl (C=O) groups excluding carboxylic acids is 4. The molecule has 182 valence electrons. The molecule has 0 N–H and O–H groups in total. The number of aromatic nitrogens is 6. The molecule has 0 aliphatic rings. The Morgan fingerprint density at radius 1 is 0.829 bits per heavy atom. The third-order valence-corrected chi connectivity index (χ3v) is 4.95. The van der Waals surface area contributed by atoms with Crippen molar-refractivity contribution in [2.45, 2.75) is 20.8 Å². The van der Waals surface area contributed by atoms with E-state index in [2.05, 4.69) is 36.1 Å². The molecule has 0 atom stereocenters. The smallest absolute Gasteiger partial charge is 0.358 e. The average Bonchev–Trinajstić information content (AvgIpc) is 3.47. The molecule has 4 rings (SSSR count). The maximum atomic E-state index is 11.5. The van der Waals surface area contributed by atoms with Crippen molar-refractivity contribution >= 4 is 50.7 Å². The summed E-state index contributed by atoms with van der Waals surface area (Å²) in [5.74, 6) is -1.20. The number of rotatable bonds is 7. The SMILES string of the molecule is CCOC(=O)c1cc2ncc(C(=O)CBr)cn2n1.CCOC(=O)c1cc2ncc(C(C)=O)cn2n1. The molecule has 0 fully saturated rings. The van der Waals surface area contributed by atoms with Gasteiger partial charge in [0.25, 0.3) is 0 Å². The Kier molecular flexibility index (Phi) is 8.36. The van der Waals surface area contributed by atoms with Gasteiger partial charge in [0, 0.05) is 36.9 Å². The first-order valence-electron chi connectivity index (χ1n) is 10.4. The summed E-state index contributed by atoms with van der Waals surface area (Å²) < 4.78 is 12.4. The number of Topliss-reactive ketones (excluding diaryl/α,β-unsaturated/α-hetero) is 2. The van der Waals surface area contributed by atoms with Crippen molar-refractivity contribution in [2.75, 3.05) is 18.5 Å². The average molecular weight is 545 g/mol. The molecule has 35 heavy (non-hydrogen) atoms. The molecule has 0 aliphatic heterocycles. The van der Waals surface area contributed by atoms with Gasteiger partial charge in [0.15, 0.2) is 34.2 Å². The predicted molar refractivity (Wildman–Crippen MR) is 126 cm³/mol. The highest BCUT2D eigenvalue weighted by Gasteiger charge is 2.14. The number of carbonyl (C=O) groups is 4. The molecule has 0 aromatic carbocycles. The summed E-state index contributed by atoms with van der Waals surface area (Å²) in [7, 11) is 0. The molecule has 0 aliphatic carbocycles. The largest absolute Gasteiger partial charge is 0.461 e. The zero-order valence-corrected chi connectivity index (χ0v) is 20.7. The molecule has 4 aromatic rings. The third kappa shape index (κ3) is 6.12. The zero-order chi connectivity index (χ0) is 25.5. The van der Waals surface area contributed by atoms with E-state index in [1.807, 2.05) is 0 Å². The zero-order valence-electron chi connectivity index (χ0n) is 19.1. The van der Waals surface area contributed by atoms with E-state index in [0.29, 0.717) is 29.0 Å². The number of halogens is 1. The molecule has 0 spiro atoms. The molecular formula is C22H21BrN6O6. The first kappa shape index (κ1) is 25.6.